The molecule has 0 atom stereocenters. The molecule has 126 valence electrons. The first-order chi connectivity index (χ1) is 12.6. The van der Waals surface area contributed by atoms with Crippen LogP contribution in [0.25, 0.3) is 27.8 Å². The molecule has 0 bridgehead atoms. The Kier molecular flexibility index (Phi) is 3.83. The van der Waals surface area contributed by atoms with Crippen LogP contribution in [0.1, 0.15) is 11.3 Å². The second kappa shape index (κ2) is 6.17. The van der Waals surface area contributed by atoms with Crippen LogP contribution < -0.4 is 5.73 Å². The average Bonchev–Trinajstić information content (AvgIpc) is 2.98. The summed E-state index contributed by atoms with van der Waals surface area (Å²) in [6.45, 7) is 1.90. The van der Waals surface area contributed by atoms with Crippen molar-refractivity contribution in [3.8, 4) is 22.9 Å². The summed E-state index contributed by atoms with van der Waals surface area (Å²) in [7, 11) is 0. The molecule has 2 aromatic heterocycles. The van der Waals surface area contributed by atoms with Gasteiger partial charge >= 0.3 is 0 Å². The van der Waals surface area contributed by atoms with Gasteiger partial charge < -0.3 is 5.73 Å². The Bertz CT molecular complexity index is 1160. The zero-order valence-electron chi connectivity index (χ0n) is 13.9. The largest absolute Gasteiger partial charge is 0.383 e. The Balaban J connectivity index is 2.12. The molecule has 2 aromatic carbocycles. The van der Waals surface area contributed by atoms with Crippen molar-refractivity contribution in [2.45, 2.75) is 6.92 Å². The van der Waals surface area contributed by atoms with Gasteiger partial charge in [0.05, 0.1) is 16.8 Å². The molecule has 4 rings (SSSR count). The molecule has 0 aliphatic carbocycles. The van der Waals surface area contributed by atoms with E-state index < -0.39 is 0 Å². The lowest BCUT2D eigenvalue weighted by Gasteiger charge is -2.10. The smallest absolute Gasteiger partial charge is 0.166 e. The van der Waals surface area contributed by atoms with Gasteiger partial charge in [0.1, 0.15) is 17.5 Å². The minimum Gasteiger partial charge on any atom is -0.383 e. The van der Waals surface area contributed by atoms with E-state index in [4.69, 9.17) is 17.3 Å². The standard InChI is InChI=1S/C20H14ClN5/c1-12-17-18(13-7-9-14(21)10-8-13)16(11-22)19(23)24-20(17)26(25-12)15-5-3-2-4-6-15/h2-10H,1H3,(H2,23,24). The van der Waals surface area contributed by atoms with Gasteiger partial charge in [-0.1, -0.05) is 41.9 Å². The monoisotopic (exact) mass is 359 g/mol. The molecule has 0 radical (unpaired) electrons. The summed E-state index contributed by atoms with van der Waals surface area (Å²) in [4.78, 5) is 4.48. The number of nitriles is 1. The normalized spacial score (nSPS) is 10.8. The summed E-state index contributed by atoms with van der Waals surface area (Å²) >= 11 is 6.02. The molecule has 5 nitrogen and oxygen atoms in total. The number of nitrogens with two attached hydrogens (primary N) is 1. The van der Waals surface area contributed by atoms with Crippen molar-refractivity contribution in [2.75, 3.05) is 5.73 Å². The van der Waals surface area contributed by atoms with Crippen LogP contribution in [0.4, 0.5) is 5.82 Å². The van der Waals surface area contributed by atoms with Crippen molar-refractivity contribution in [1.29, 1.82) is 5.26 Å². The topological polar surface area (TPSA) is 80.5 Å². The van der Waals surface area contributed by atoms with Crippen LogP contribution >= 0.6 is 11.6 Å². The van der Waals surface area contributed by atoms with Crippen molar-refractivity contribution in [2.24, 2.45) is 0 Å². The van der Waals surface area contributed by atoms with Crippen molar-refractivity contribution in [3.05, 3.63) is 70.9 Å². The van der Waals surface area contributed by atoms with E-state index in [1.54, 1.807) is 16.8 Å². The highest BCUT2D eigenvalue weighted by atomic mass is 35.5. The predicted octanol–water partition coefficient (Wildman–Crippen LogP) is 4.50. The number of aryl methyl sites for hydroxylation is 1. The number of nitrogen functional groups attached to an aromatic ring is 1. The third-order valence-corrected chi connectivity index (χ3v) is 4.52. The van der Waals surface area contributed by atoms with Crippen molar-refractivity contribution in [3.63, 3.8) is 0 Å². The van der Waals surface area contributed by atoms with Crippen molar-refractivity contribution in [1.82, 2.24) is 14.8 Å². The van der Waals surface area contributed by atoms with Gasteiger partial charge in [0, 0.05) is 10.6 Å². The second-order valence-electron chi connectivity index (χ2n) is 5.90. The summed E-state index contributed by atoms with van der Waals surface area (Å²) in [5.41, 5.74) is 10.3. The van der Waals surface area contributed by atoms with Gasteiger partial charge in [-0.15, -0.1) is 0 Å². The highest BCUT2D eigenvalue weighted by molar-refractivity contribution is 6.30. The number of aromatic nitrogens is 3. The van der Waals surface area contributed by atoms with Gasteiger partial charge in [-0.3, -0.25) is 0 Å². The number of halogens is 1. The van der Waals surface area contributed by atoms with E-state index in [0.29, 0.717) is 16.2 Å². The minimum absolute atomic E-state index is 0.182. The molecule has 0 unspecified atom stereocenters. The Morgan fingerprint density at radius 2 is 1.77 bits per heavy atom. The first-order valence-corrected chi connectivity index (χ1v) is 8.38. The fourth-order valence-electron chi connectivity index (χ4n) is 3.10. The van der Waals surface area contributed by atoms with Crippen LogP contribution in [0.15, 0.2) is 54.6 Å². The number of benzene rings is 2. The van der Waals surface area contributed by atoms with E-state index in [2.05, 4.69) is 16.2 Å². The molecule has 0 saturated heterocycles. The van der Waals surface area contributed by atoms with Gasteiger partial charge in [-0.25, -0.2) is 9.67 Å². The number of hydrogen-bond donors (Lipinski definition) is 1. The van der Waals surface area contributed by atoms with E-state index in [9.17, 15) is 5.26 Å². The molecule has 0 spiro atoms. The van der Waals surface area contributed by atoms with E-state index in [0.717, 1.165) is 27.9 Å². The van der Waals surface area contributed by atoms with E-state index in [1.807, 2.05) is 49.4 Å². The van der Waals surface area contributed by atoms with E-state index in [-0.39, 0.29) is 5.82 Å². The summed E-state index contributed by atoms with van der Waals surface area (Å²) < 4.78 is 1.75. The predicted molar refractivity (Wildman–Crippen MR) is 103 cm³/mol. The van der Waals surface area contributed by atoms with E-state index in [1.165, 1.54) is 0 Å². The maximum absolute atomic E-state index is 9.67. The molecule has 0 saturated carbocycles. The molecule has 2 N–H and O–H groups in total. The quantitative estimate of drug-likeness (QED) is 0.571. The highest BCUT2D eigenvalue weighted by Gasteiger charge is 2.21. The van der Waals surface area contributed by atoms with E-state index >= 15 is 0 Å². The third kappa shape index (κ3) is 2.48. The lowest BCUT2D eigenvalue weighted by atomic mass is 9.97. The zero-order valence-corrected chi connectivity index (χ0v) is 14.7. The van der Waals surface area contributed by atoms with Gasteiger partial charge in [0.2, 0.25) is 0 Å². The molecule has 0 fully saturated rings. The molecule has 0 aliphatic rings. The fraction of sp³-hybridized carbons (Fsp3) is 0.0500. The van der Waals surface area contributed by atoms with Gasteiger partial charge in [-0.05, 0) is 36.8 Å². The second-order valence-corrected chi connectivity index (χ2v) is 6.33. The van der Waals surface area contributed by atoms with Gasteiger partial charge in [0.25, 0.3) is 0 Å². The lowest BCUT2D eigenvalue weighted by Crippen LogP contribution is -2.02. The van der Waals surface area contributed by atoms with Crippen LogP contribution in [0.2, 0.25) is 5.02 Å². The lowest BCUT2D eigenvalue weighted by molar-refractivity contribution is 0.878. The zero-order chi connectivity index (χ0) is 18.3. The van der Waals surface area contributed by atoms with Gasteiger partial charge in [0.15, 0.2) is 5.65 Å². The summed E-state index contributed by atoms with van der Waals surface area (Å²) in [5.74, 6) is 0.182. The third-order valence-electron chi connectivity index (χ3n) is 4.26. The highest BCUT2D eigenvalue weighted by Crippen LogP contribution is 2.36. The SMILES string of the molecule is Cc1nn(-c2ccccc2)c2nc(N)c(C#N)c(-c3ccc(Cl)cc3)c12. The first kappa shape index (κ1) is 16.1. The Morgan fingerprint density at radius 1 is 1.08 bits per heavy atom. The summed E-state index contributed by atoms with van der Waals surface area (Å²) in [6, 6.07) is 19.2. The van der Waals surface area contributed by atoms with Crippen LogP contribution in [0.5, 0.6) is 0 Å². The molecule has 26 heavy (non-hydrogen) atoms. The van der Waals surface area contributed by atoms with Crippen molar-refractivity contribution >= 4 is 28.5 Å². The Labute approximate surface area is 155 Å². The van der Waals surface area contributed by atoms with Crippen LogP contribution in [-0.4, -0.2) is 14.8 Å². The fourth-order valence-corrected chi connectivity index (χ4v) is 3.23. The number of anilines is 1. The first-order valence-electron chi connectivity index (χ1n) is 8.00. The van der Waals surface area contributed by atoms with Crippen LogP contribution in [0.3, 0.4) is 0 Å². The molecular formula is C20H14ClN5. The average molecular weight is 360 g/mol. The number of fused-ring (bicyclic) bond motifs is 1. The molecule has 2 heterocycles. The number of pyridine rings is 1. The summed E-state index contributed by atoms with van der Waals surface area (Å²) in [5, 5.41) is 15.7. The van der Waals surface area contributed by atoms with Gasteiger partial charge in [-0.2, -0.15) is 10.4 Å². The number of nitrogens with zero attached hydrogens (tertiary/aromatic N) is 4. The van der Waals surface area contributed by atoms with Crippen LogP contribution in [-0.2, 0) is 0 Å². The molecule has 0 aliphatic heterocycles. The van der Waals surface area contributed by atoms with Crippen molar-refractivity contribution < 1.29 is 0 Å². The molecule has 0 amide bonds. The molecule has 4 aromatic rings. The Hall–Kier alpha value is -3.36. The molecule has 6 heteroatoms. The number of para-hydroxylation sites is 1. The molecular weight excluding hydrogens is 346 g/mol. The summed E-state index contributed by atoms with van der Waals surface area (Å²) in [6.07, 6.45) is 0. The number of hydrogen-bond acceptors (Lipinski definition) is 4. The number of rotatable bonds is 2. The maximum atomic E-state index is 9.67. The maximum Gasteiger partial charge on any atom is 0.166 e. The Morgan fingerprint density at radius 3 is 2.42 bits per heavy atom. The minimum atomic E-state index is 0.182. The van der Waals surface area contributed by atoms with Crippen LogP contribution in [0, 0.1) is 18.3 Å².